The van der Waals surface area contributed by atoms with Crippen molar-refractivity contribution in [3.8, 4) is 5.75 Å². The van der Waals surface area contributed by atoms with Crippen LogP contribution in [-0.2, 0) is 17.8 Å². The number of nitrogens with zero attached hydrogens (tertiary/aromatic N) is 1. The van der Waals surface area contributed by atoms with Crippen LogP contribution in [0.2, 0.25) is 5.02 Å². The minimum Gasteiger partial charge on any atom is -0.490 e. The van der Waals surface area contributed by atoms with Crippen LogP contribution in [0.1, 0.15) is 38.3 Å². The summed E-state index contributed by atoms with van der Waals surface area (Å²) in [7, 11) is 0. The maximum atomic E-state index is 13.6. The Bertz CT molecular complexity index is 970. The van der Waals surface area contributed by atoms with Crippen LogP contribution in [0.4, 0.5) is 4.39 Å². The summed E-state index contributed by atoms with van der Waals surface area (Å²) in [6.45, 7) is 8.08. The summed E-state index contributed by atoms with van der Waals surface area (Å²) in [5.41, 5.74) is 0.388. The normalized spacial score (nSPS) is 22.8. The molecule has 6 nitrogen and oxygen atoms in total. The first-order valence-electron chi connectivity index (χ1n) is 11.6. The first-order chi connectivity index (χ1) is 16.0. The molecule has 0 saturated carbocycles. The lowest BCUT2D eigenvalue weighted by Crippen LogP contribution is -2.55. The van der Waals surface area contributed by atoms with Gasteiger partial charge in [0.2, 0.25) is 0 Å². The topological polar surface area (TPSA) is 82.0 Å². The van der Waals surface area contributed by atoms with E-state index in [1.165, 1.54) is 17.7 Å². The lowest BCUT2D eigenvalue weighted by molar-refractivity contribution is -0.136. The van der Waals surface area contributed by atoms with Crippen LogP contribution in [0.5, 0.6) is 5.75 Å². The molecule has 1 fully saturated rings. The average molecular weight is 493 g/mol. The molecular formula is C26H34ClFN2O4. The van der Waals surface area contributed by atoms with Crippen molar-refractivity contribution < 1.29 is 24.1 Å². The number of rotatable bonds is 10. The molecule has 2 aromatic rings. The van der Waals surface area contributed by atoms with E-state index < -0.39 is 17.4 Å². The molecule has 0 bridgehead atoms. The van der Waals surface area contributed by atoms with Crippen molar-refractivity contribution in [2.24, 2.45) is 5.92 Å². The van der Waals surface area contributed by atoms with Gasteiger partial charge in [0.1, 0.15) is 23.8 Å². The second kappa shape index (κ2) is 11.5. The Kier molecular flexibility index (Phi) is 8.93. The van der Waals surface area contributed by atoms with E-state index in [4.69, 9.17) is 21.4 Å². The zero-order valence-electron chi connectivity index (χ0n) is 19.9. The molecule has 1 saturated heterocycles. The summed E-state index contributed by atoms with van der Waals surface area (Å²) in [5.74, 6) is -1.03. The molecule has 186 valence electrons. The quantitative estimate of drug-likeness (QED) is 0.463. The van der Waals surface area contributed by atoms with Gasteiger partial charge in [0.15, 0.2) is 0 Å². The van der Waals surface area contributed by atoms with Crippen LogP contribution in [-0.4, -0.2) is 58.5 Å². The van der Waals surface area contributed by atoms with E-state index in [9.17, 15) is 14.3 Å². The van der Waals surface area contributed by atoms with Gasteiger partial charge in [-0.3, -0.25) is 9.69 Å². The third-order valence-corrected chi connectivity index (χ3v) is 6.63. The smallest absolute Gasteiger partial charge is 0.307 e. The number of hydrogen-bond acceptors (Lipinski definition) is 5. The molecule has 0 amide bonds. The minimum atomic E-state index is -1.21. The maximum Gasteiger partial charge on any atom is 0.307 e. The van der Waals surface area contributed by atoms with E-state index in [1.807, 2.05) is 12.1 Å². The van der Waals surface area contributed by atoms with E-state index >= 15 is 0 Å². The molecule has 2 aromatic carbocycles. The molecule has 1 aliphatic rings. The highest BCUT2D eigenvalue weighted by molar-refractivity contribution is 6.30. The lowest BCUT2D eigenvalue weighted by atomic mass is 9.88. The Hall–Kier alpha value is -2.19. The summed E-state index contributed by atoms with van der Waals surface area (Å²) in [4.78, 5) is 13.5. The number of benzene rings is 2. The van der Waals surface area contributed by atoms with E-state index in [1.54, 1.807) is 6.92 Å². The monoisotopic (exact) mass is 492 g/mol. The number of aliphatic hydroxyl groups is 1. The van der Waals surface area contributed by atoms with Gasteiger partial charge in [0.05, 0.1) is 6.42 Å². The molecular weight excluding hydrogens is 459 g/mol. The lowest BCUT2D eigenvalue weighted by Gasteiger charge is -2.43. The van der Waals surface area contributed by atoms with Gasteiger partial charge in [-0.25, -0.2) is 4.39 Å². The van der Waals surface area contributed by atoms with E-state index in [0.29, 0.717) is 24.1 Å². The molecule has 0 aromatic heterocycles. The molecule has 0 spiro atoms. The highest BCUT2D eigenvalue weighted by Gasteiger charge is 2.32. The summed E-state index contributed by atoms with van der Waals surface area (Å²) >= 11 is 6.00. The highest BCUT2D eigenvalue weighted by Crippen LogP contribution is 2.26. The standard InChI is InChI=1S/C26H34ClFN2O4/c1-17-13-30(14-19-4-7-21(27)8-5-19)18(2)10-23(17)29-15-26(3,33)16-34-24-12-22(28)9-6-20(24)11-25(31)32/h4-9,12,17-18,23,29,33H,10-11,13-16H2,1-3H3,(H,31,32)/t17-,18-,23-,26-/m0/s1. The van der Waals surface area contributed by atoms with Crippen molar-refractivity contribution in [1.29, 1.82) is 0 Å². The summed E-state index contributed by atoms with van der Waals surface area (Å²) in [5, 5.41) is 24.1. The number of halogens is 2. The number of carboxylic acids is 1. The number of ether oxygens (including phenoxy) is 1. The van der Waals surface area contributed by atoms with Crippen molar-refractivity contribution in [2.75, 3.05) is 19.7 Å². The fourth-order valence-electron chi connectivity index (χ4n) is 4.36. The van der Waals surface area contributed by atoms with Gasteiger partial charge in [0, 0.05) is 48.4 Å². The molecule has 3 rings (SSSR count). The van der Waals surface area contributed by atoms with Gasteiger partial charge >= 0.3 is 5.97 Å². The third-order valence-electron chi connectivity index (χ3n) is 6.38. The van der Waals surface area contributed by atoms with Crippen LogP contribution >= 0.6 is 11.6 Å². The first-order valence-corrected chi connectivity index (χ1v) is 12.0. The van der Waals surface area contributed by atoms with E-state index in [-0.39, 0.29) is 24.8 Å². The fraction of sp³-hybridized carbons (Fsp3) is 0.500. The van der Waals surface area contributed by atoms with Crippen molar-refractivity contribution in [2.45, 2.75) is 57.8 Å². The zero-order chi connectivity index (χ0) is 24.9. The molecule has 8 heteroatoms. The Morgan fingerprint density at radius 3 is 2.65 bits per heavy atom. The van der Waals surface area contributed by atoms with Crippen molar-refractivity contribution in [3.63, 3.8) is 0 Å². The summed E-state index contributed by atoms with van der Waals surface area (Å²) in [6, 6.07) is 12.3. The number of carboxylic acid groups (broad SMARTS) is 1. The summed E-state index contributed by atoms with van der Waals surface area (Å²) < 4.78 is 19.3. The number of likely N-dealkylation sites (tertiary alicyclic amines) is 1. The van der Waals surface area contributed by atoms with Gasteiger partial charge in [0.25, 0.3) is 0 Å². The second-order valence-electron chi connectivity index (χ2n) is 9.71. The van der Waals surface area contributed by atoms with Crippen molar-refractivity contribution >= 4 is 17.6 Å². The van der Waals surface area contributed by atoms with Gasteiger partial charge in [-0.1, -0.05) is 36.7 Å². The van der Waals surface area contributed by atoms with Crippen molar-refractivity contribution in [3.05, 3.63) is 64.4 Å². The number of piperidine rings is 1. The van der Waals surface area contributed by atoms with Crippen LogP contribution in [0.3, 0.4) is 0 Å². The molecule has 1 heterocycles. The predicted octanol–water partition coefficient (Wildman–Crippen LogP) is 4.12. The minimum absolute atomic E-state index is 0.0879. The van der Waals surface area contributed by atoms with E-state index in [0.717, 1.165) is 30.6 Å². The van der Waals surface area contributed by atoms with Crippen LogP contribution in [0.25, 0.3) is 0 Å². The van der Waals surface area contributed by atoms with Gasteiger partial charge in [-0.2, -0.15) is 0 Å². The highest BCUT2D eigenvalue weighted by atomic mass is 35.5. The van der Waals surface area contributed by atoms with Gasteiger partial charge in [-0.15, -0.1) is 0 Å². The third kappa shape index (κ3) is 7.67. The fourth-order valence-corrected chi connectivity index (χ4v) is 4.49. The largest absolute Gasteiger partial charge is 0.490 e. The number of carbonyl (C=O) groups is 1. The molecule has 0 radical (unpaired) electrons. The molecule has 1 aliphatic heterocycles. The molecule has 0 aliphatic carbocycles. The van der Waals surface area contributed by atoms with Gasteiger partial charge < -0.3 is 20.3 Å². The maximum absolute atomic E-state index is 13.6. The molecule has 34 heavy (non-hydrogen) atoms. The average Bonchev–Trinajstić information content (AvgIpc) is 2.76. The van der Waals surface area contributed by atoms with Gasteiger partial charge in [-0.05, 0) is 49.9 Å². The Balaban J connectivity index is 1.52. The Labute approximate surface area is 205 Å². The van der Waals surface area contributed by atoms with E-state index in [2.05, 4.69) is 36.2 Å². The van der Waals surface area contributed by atoms with Crippen LogP contribution in [0.15, 0.2) is 42.5 Å². The molecule has 0 unspecified atom stereocenters. The van der Waals surface area contributed by atoms with Crippen molar-refractivity contribution in [1.82, 2.24) is 10.2 Å². The van der Waals surface area contributed by atoms with Crippen LogP contribution in [0, 0.1) is 11.7 Å². The molecule has 4 atom stereocenters. The summed E-state index contributed by atoms with van der Waals surface area (Å²) in [6.07, 6.45) is 0.665. The SMILES string of the molecule is C[C@H]1CN(Cc2ccc(Cl)cc2)[C@@H](C)C[C@@H]1NC[C@](C)(O)COc1cc(F)ccc1CC(=O)O. The van der Waals surface area contributed by atoms with Crippen LogP contribution < -0.4 is 10.1 Å². The molecule has 3 N–H and O–H groups in total. The number of nitrogens with one attached hydrogen (secondary N) is 1. The predicted molar refractivity (Wildman–Crippen MR) is 131 cm³/mol. The first kappa shape index (κ1) is 26.4. The number of aliphatic carboxylic acids is 1. The Morgan fingerprint density at radius 2 is 1.97 bits per heavy atom. The second-order valence-corrected chi connectivity index (χ2v) is 10.1. The Morgan fingerprint density at radius 1 is 1.26 bits per heavy atom. The number of hydrogen-bond donors (Lipinski definition) is 3. The zero-order valence-corrected chi connectivity index (χ0v) is 20.7.